The summed E-state index contributed by atoms with van der Waals surface area (Å²) in [4.78, 5) is 26.9. The molecule has 1 aromatic heterocycles. The van der Waals surface area contributed by atoms with Crippen LogP contribution in [0.25, 0.3) is 0 Å². The summed E-state index contributed by atoms with van der Waals surface area (Å²) < 4.78 is 13.3. The molecule has 2 atom stereocenters. The molecule has 8 heteroatoms. The van der Waals surface area contributed by atoms with Crippen LogP contribution in [-0.2, 0) is 17.9 Å². The number of carbonyl (C=O) groups excluding carboxylic acids is 1. The second-order valence-corrected chi connectivity index (χ2v) is 9.59. The second kappa shape index (κ2) is 11.4. The van der Waals surface area contributed by atoms with Crippen LogP contribution in [0.2, 0.25) is 0 Å². The molecule has 1 fully saturated rings. The molecule has 8 nitrogen and oxygen atoms in total. The molecule has 3 aromatic rings. The van der Waals surface area contributed by atoms with Crippen LogP contribution in [0, 0.1) is 5.92 Å². The molecule has 3 heterocycles. The molecule has 2 aliphatic rings. The van der Waals surface area contributed by atoms with E-state index < -0.39 is 0 Å². The van der Waals surface area contributed by atoms with E-state index in [0.29, 0.717) is 24.2 Å². The highest BCUT2D eigenvalue weighted by Gasteiger charge is 2.34. The number of hydrogen-bond donors (Lipinski definition) is 1. The van der Waals surface area contributed by atoms with Gasteiger partial charge in [-0.05, 0) is 61.2 Å². The molecule has 0 spiro atoms. The Morgan fingerprint density at radius 1 is 1.05 bits per heavy atom. The van der Waals surface area contributed by atoms with E-state index in [0.717, 1.165) is 55.2 Å². The zero-order chi connectivity index (χ0) is 25.6. The number of carbonyl (C=O) groups is 1. The molecule has 37 heavy (non-hydrogen) atoms. The molecule has 1 amide bonds. The molecule has 2 bridgehead atoms. The van der Waals surface area contributed by atoms with E-state index in [-0.39, 0.29) is 18.1 Å². The molecule has 1 N–H and O–H groups in total. The van der Waals surface area contributed by atoms with Gasteiger partial charge in [-0.15, -0.1) is 0 Å². The van der Waals surface area contributed by atoms with Gasteiger partial charge in [0.15, 0.2) is 6.61 Å². The fourth-order valence-corrected chi connectivity index (χ4v) is 5.34. The van der Waals surface area contributed by atoms with E-state index in [9.17, 15) is 9.59 Å². The summed E-state index contributed by atoms with van der Waals surface area (Å²) in [6.07, 6.45) is 2.76. The van der Waals surface area contributed by atoms with Crippen molar-refractivity contribution in [2.75, 3.05) is 26.3 Å². The van der Waals surface area contributed by atoms with E-state index in [1.165, 1.54) is 0 Å². The molecular weight excluding hydrogens is 468 g/mol. The van der Waals surface area contributed by atoms with Gasteiger partial charge < -0.3 is 14.0 Å². The highest BCUT2D eigenvalue weighted by atomic mass is 16.5. The minimum atomic E-state index is -0.328. The average molecular weight is 501 g/mol. The lowest BCUT2D eigenvalue weighted by molar-refractivity contribution is -0.123. The number of hydrogen-bond acceptors (Lipinski definition) is 6. The Morgan fingerprint density at radius 3 is 2.76 bits per heavy atom. The Morgan fingerprint density at radius 2 is 1.92 bits per heavy atom. The summed E-state index contributed by atoms with van der Waals surface area (Å²) in [5.74, 6) is 1.97. The number of ether oxygens (including phenoxy) is 2. The largest absolute Gasteiger partial charge is 0.494 e. The van der Waals surface area contributed by atoms with Gasteiger partial charge in [0.2, 0.25) is 0 Å². The zero-order valence-corrected chi connectivity index (χ0v) is 21.0. The minimum absolute atomic E-state index is 0.102. The quantitative estimate of drug-likeness (QED) is 0.360. The van der Waals surface area contributed by atoms with E-state index in [1.807, 2.05) is 47.9 Å². The molecule has 192 valence electrons. The maximum atomic E-state index is 12.3. The Bertz CT molecular complexity index is 1320. The molecule has 0 aliphatic carbocycles. The van der Waals surface area contributed by atoms with Crippen LogP contribution in [0.1, 0.15) is 36.1 Å². The standard InChI is InChI=1S/C29H32N4O4/c1-2-36-27-12-11-21(15-30-31-28(34)20-37-25-7-4-3-5-8-25)13-24(27)19-32-16-22-14-23(18-32)26-9-6-10-29(35)33(26)17-22/h3-13,15,22-23H,2,14,16-20H2,1H3,(H,31,34)/b30-15+. The first-order valence-electron chi connectivity index (χ1n) is 12.8. The predicted octanol–water partition coefficient (Wildman–Crippen LogP) is 3.40. The second-order valence-electron chi connectivity index (χ2n) is 9.59. The summed E-state index contributed by atoms with van der Waals surface area (Å²) >= 11 is 0. The number of benzene rings is 2. The first-order chi connectivity index (χ1) is 18.1. The SMILES string of the molecule is CCOc1ccc(/C=N/NC(=O)COc2ccccc2)cc1CN1CC2CC(C1)c1cccc(=O)n1C2. The number of hydrazone groups is 1. The Hall–Kier alpha value is -3.91. The van der Waals surface area contributed by atoms with Crippen molar-refractivity contribution in [3.63, 3.8) is 0 Å². The van der Waals surface area contributed by atoms with Crippen LogP contribution in [0.4, 0.5) is 0 Å². The van der Waals surface area contributed by atoms with Crippen molar-refractivity contribution in [1.82, 2.24) is 14.9 Å². The Labute approximate surface area is 216 Å². The van der Waals surface area contributed by atoms with Gasteiger partial charge in [-0.2, -0.15) is 5.10 Å². The highest BCUT2D eigenvalue weighted by molar-refractivity contribution is 5.83. The predicted molar refractivity (Wildman–Crippen MR) is 142 cm³/mol. The Balaban J connectivity index is 1.23. The lowest BCUT2D eigenvalue weighted by Crippen LogP contribution is -2.46. The van der Waals surface area contributed by atoms with Gasteiger partial charge >= 0.3 is 0 Å². The zero-order valence-electron chi connectivity index (χ0n) is 21.0. The molecule has 0 saturated carbocycles. The number of nitrogens with zero attached hydrogens (tertiary/aromatic N) is 3. The summed E-state index contributed by atoms with van der Waals surface area (Å²) in [5.41, 5.74) is 5.72. The maximum Gasteiger partial charge on any atom is 0.277 e. The lowest BCUT2D eigenvalue weighted by Gasteiger charge is -2.43. The molecule has 0 radical (unpaired) electrons. The van der Waals surface area contributed by atoms with Crippen LogP contribution in [-0.4, -0.2) is 47.9 Å². The van der Waals surface area contributed by atoms with Crippen molar-refractivity contribution in [3.8, 4) is 11.5 Å². The number of para-hydroxylation sites is 1. The number of pyridine rings is 1. The number of aromatic nitrogens is 1. The monoisotopic (exact) mass is 500 g/mol. The van der Waals surface area contributed by atoms with Crippen molar-refractivity contribution >= 4 is 12.1 Å². The molecule has 2 aliphatic heterocycles. The van der Waals surface area contributed by atoms with Crippen molar-refractivity contribution in [2.45, 2.75) is 32.4 Å². The van der Waals surface area contributed by atoms with Crippen molar-refractivity contribution < 1.29 is 14.3 Å². The van der Waals surface area contributed by atoms with E-state index >= 15 is 0 Å². The summed E-state index contributed by atoms with van der Waals surface area (Å²) in [7, 11) is 0. The summed E-state index contributed by atoms with van der Waals surface area (Å²) in [6, 6.07) is 20.8. The molecule has 5 rings (SSSR count). The Kier molecular flexibility index (Phi) is 7.65. The first-order valence-corrected chi connectivity index (χ1v) is 12.8. The highest BCUT2D eigenvalue weighted by Crippen LogP contribution is 2.36. The van der Waals surface area contributed by atoms with Crippen molar-refractivity contribution in [3.05, 3.63) is 93.9 Å². The minimum Gasteiger partial charge on any atom is -0.494 e. The molecule has 2 unspecified atom stereocenters. The van der Waals surface area contributed by atoms with E-state index in [2.05, 4.69) is 27.6 Å². The number of rotatable bonds is 9. The topological polar surface area (TPSA) is 85.2 Å². The van der Waals surface area contributed by atoms with Gasteiger partial charge in [0, 0.05) is 49.4 Å². The van der Waals surface area contributed by atoms with Crippen LogP contribution in [0.3, 0.4) is 0 Å². The van der Waals surface area contributed by atoms with Crippen LogP contribution in [0.5, 0.6) is 11.5 Å². The van der Waals surface area contributed by atoms with Gasteiger partial charge in [0.05, 0.1) is 12.8 Å². The lowest BCUT2D eigenvalue weighted by atomic mass is 9.83. The van der Waals surface area contributed by atoms with Crippen LogP contribution < -0.4 is 20.5 Å². The normalized spacial score (nSPS) is 18.8. The van der Waals surface area contributed by atoms with Crippen molar-refractivity contribution in [2.24, 2.45) is 11.0 Å². The maximum absolute atomic E-state index is 12.3. The van der Waals surface area contributed by atoms with Gasteiger partial charge in [-0.3, -0.25) is 14.5 Å². The number of likely N-dealkylation sites (tertiary alicyclic amines) is 1. The molecule has 1 saturated heterocycles. The van der Waals surface area contributed by atoms with Crippen LogP contribution >= 0.6 is 0 Å². The fourth-order valence-electron chi connectivity index (χ4n) is 5.34. The molecule has 2 aromatic carbocycles. The smallest absolute Gasteiger partial charge is 0.277 e. The van der Waals surface area contributed by atoms with Gasteiger partial charge in [-0.1, -0.05) is 24.3 Å². The van der Waals surface area contributed by atoms with Crippen LogP contribution in [0.15, 0.2) is 76.6 Å². The number of nitrogens with one attached hydrogen (secondary N) is 1. The number of amides is 1. The summed E-state index contributed by atoms with van der Waals surface area (Å²) in [5, 5.41) is 4.11. The van der Waals surface area contributed by atoms with Gasteiger partial charge in [-0.25, -0.2) is 5.43 Å². The summed E-state index contributed by atoms with van der Waals surface area (Å²) in [6.45, 7) is 5.83. The average Bonchev–Trinajstić information content (AvgIpc) is 2.90. The molecular formula is C29H32N4O4. The van der Waals surface area contributed by atoms with Gasteiger partial charge in [0.1, 0.15) is 11.5 Å². The third-order valence-electron chi connectivity index (χ3n) is 6.85. The number of fused-ring (bicyclic) bond motifs is 4. The van der Waals surface area contributed by atoms with E-state index in [1.54, 1.807) is 24.4 Å². The van der Waals surface area contributed by atoms with Gasteiger partial charge in [0.25, 0.3) is 11.5 Å². The van der Waals surface area contributed by atoms with Crippen molar-refractivity contribution in [1.29, 1.82) is 0 Å². The third-order valence-corrected chi connectivity index (χ3v) is 6.85. The van der Waals surface area contributed by atoms with E-state index in [4.69, 9.17) is 9.47 Å². The first kappa shape index (κ1) is 24.8. The third kappa shape index (κ3) is 6.09. The number of piperidine rings is 1. The fraction of sp³-hybridized carbons (Fsp3) is 0.345.